The number of hydrogen-bond acceptors (Lipinski definition) is 0. The maximum Gasteiger partial charge on any atom is 0.107 e. The minimum Gasteiger partial charge on any atom is -0.0616 e. The molecule has 0 N–H and O–H groups in total. The lowest BCUT2D eigenvalue weighted by molar-refractivity contribution is 0.939. The van der Waals surface area contributed by atoms with E-state index in [0.717, 1.165) is 0 Å². The zero-order valence-corrected chi connectivity index (χ0v) is 10.9. The molecule has 0 aromatic heterocycles. The predicted octanol–water partition coefficient (Wildman–Crippen LogP) is 3.65. The van der Waals surface area contributed by atoms with Crippen LogP contribution in [0.5, 0.6) is 0 Å². The molecule has 0 aliphatic carbocycles. The Morgan fingerprint density at radius 1 is 0.938 bits per heavy atom. The molecule has 0 nitrogen and oxygen atoms in total. The van der Waals surface area contributed by atoms with Crippen LogP contribution in [-0.2, 0) is 17.3 Å². The maximum atomic E-state index is 2.32. The first-order chi connectivity index (χ1) is 7.77. The smallest absolute Gasteiger partial charge is 0.0616 e. The molecule has 2 aromatic rings. The zero-order valence-electron chi connectivity index (χ0n) is 10.1. The highest BCUT2D eigenvalue weighted by Gasteiger charge is 2.04. The molecule has 0 bridgehead atoms. The lowest BCUT2D eigenvalue weighted by Crippen LogP contribution is -2.02. The van der Waals surface area contributed by atoms with E-state index >= 15 is 0 Å². The summed E-state index contributed by atoms with van der Waals surface area (Å²) in [5, 5.41) is 2.80. The van der Waals surface area contributed by atoms with Crippen molar-refractivity contribution in [2.24, 2.45) is 0 Å². The molecule has 16 heavy (non-hydrogen) atoms. The lowest BCUT2D eigenvalue weighted by Gasteiger charge is -2.05. The van der Waals surface area contributed by atoms with Gasteiger partial charge in [0.15, 0.2) is 0 Å². The Morgan fingerprint density at radius 2 is 1.69 bits per heavy atom. The summed E-state index contributed by atoms with van der Waals surface area (Å²) in [5.41, 5.74) is 1.50. The summed E-state index contributed by atoms with van der Waals surface area (Å²) in [4.78, 5) is 0. The highest BCUT2D eigenvalue weighted by Crippen LogP contribution is 2.19. The molecule has 0 unspecified atom stereocenters. The Balaban J connectivity index is 2.17. The number of rotatable bonds is 4. The Labute approximate surface area is 101 Å². The van der Waals surface area contributed by atoms with Gasteiger partial charge in [0.05, 0.1) is 12.5 Å². The van der Waals surface area contributed by atoms with Gasteiger partial charge in [-0.2, -0.15) is 0 Å². The van der Waals surface area contributed by atoms with Gasteiger partial charge in [0, 0.05) is 0 Å². The molecule has 0 aliphatic rings. The lowest BCUT2D eigenvalue weighted by atomic mass is 10.0. The van der Waals surface area contributed by atoms with Crippen LogP contribution in [0.4, 0.5) is 0 Å². The second kappa shape index (κ2) is 5.40. The van der Waals surface area contributed by atoms with E-state index in [1.54, 1.807) is 0 Å². The van der Waals surface area contributed by atoms with Gasteiger partial charge in [-0.25, -0.2) is 0 Å². The van der Waals surface area contributed by atoms with Crippen LogP contribution in [0.25, 0.3) is 10.8 Å². The molecule has 0 heterocycles. The Kier molecular flexibility index (Phi) is 3.89. The van der Waals surface area contributed by atoms with E-state index in [-0.39, 0.29) is 0 Å². The summed E-state index contributed by atoms with van der Waals surface area (Å²) in [6, 6.07) is 15.3. The van der Waals surface area contributed by atoms with E-state index < -0.39 is 0 Å². The van der Waals surface area contributed by atoms with Crippen LogP contribution in [0.3, 0.4) is 0 Å². The van der Waals surface area contributed by atoms with Crippen LogP contribution in [0.2, 0.25) is 0 Å². The molecule has 1 heteroatoms. The van der Waals surface area contributed by atoms with Crippen molar-refractivity contribution in [3.8, 4) is 0 Å². The summed E-state index contributed by atoms with van der Waals surface area (Å²) in [7, 11) is 0.577. The van der Waals surface area contributed by atoms with E-state index in [1.807, 2.05) is 0 Å². The average molecular weight is 231 g/mol. The molecule has 0 fully saturated rings. The highest BCUT2D eigenvalue weighted by molar-refractivity contribution is 7.95. The standard InChI is InChI=1S/C15H19S/c1-16(2)12-6-10-14-9-5-8-13-7-3-4-11-15(13)14/h3-5,7-9,11H,6,10,12H2,1-2H3/q+1. The molecule has 2 rings (SSSR count). The summed E-state index contributed by atoms with van der Waals surface area (Å²) >= 11 is 0. The Hall–Kier alpha value is -0.950. The summed E-state index contributed by atoms with van der Waals surface area (Å²) in [6.45, 7) is 0. The van der Waals surface area contributed by atoms with Gasteiger partial charge < -0.3 is 0 Å². The third-order valence-electron chi connectivity index (χ3n) is 2.88. The van der Waals surface area contributed by atoms with Crippen molar-refractivity contribution in [2.45, 2.75) is 12.8 Å². The van der Waals surface area contributed by atoms with E-state index in [4.69, 9.17) is 0 Å². The molecular formula is C15H19S+. The van der Waals surface area contributed by atoms with Gasteiger partial charge in [0.1, 0.15) is 5.75 Å². The van der Waals surface area contributed by atoms with Crippen LogP contribution in [0.15, 0.2) is 42.5 Å². The van der Waals surface area contributed by atoms with Crippen molar-refractivity contribution >= 4 is 21.7 Å². The molecule has 2 aromatic carbocycles. The van der Waals surface area contributed by atoms with Gasteiger partial charge in [0.25, 0.3) is 0 Å². The molecule has 0 saturated carbocycles. The summed E-state index contributed by atoms with van der Waals surface area (Å²) in [5.74, 6) is 1.35. The van der Waals surface area contributed by atoms with Gasteiger partial charge in [-0.15, -0.1) is 0 Å². The number of aryl methyl sites for hydroxylation is 1. The molecule has 0 amide bonds. The minimum absolute atomic E-state index is 0.577. The molecule has 84 valence electrons. The molecule has 0 radical (unpaired) electrons. The molecule has 0 saturated heterocycles. The fourth-order valence-corrected chi connectivity index (χ4v) is 2.78. The van der Waals surface area contributed by atoms with E-state index in [0.29, 0.717) is 10.9 Å². The summed E-state index contributed by atoms with van der Waals surface area (Å²) < 4.78 is 0. The summed E-state index contributed by atoms with van der Waals surface area (Å²) in [6.07, 6.45) is 7.17. The van der Waals surface area contributed by atoms with Crippen molar-refractivity contribution in [3.05, 3.63) is 48.0 Å². The first kappa shape index (κ1) is 11.5. The second-order valence-electron chi connectivity index (χ2n) is 4.43. The quantitative estimate of drug-likeness (QED) is 0.705. The van der Waals surface area contributed by atoms with Crippen LogP contribution in [-0.4, -0.2) is 18.3 Å². The van der Waals surface area contributed by atoms with Crippen LogP contribution in [0, 0.1) is 0 Å². The first-order valence-corrected chi connectivity index (χ1v) is 7.99. The molecule has 0 spiro atoms. The molecule has 0 atom stereocenters. The van der Waals surface area contributed by atoms with Crippen molar-refractivity contribution in [3.63, 3.8) is 0 Å². The van der Waals surface area contributed by atoms with Gasteiger partial charge in [-0.1, -0.05) is 42.5 Å². The fraction of sp³-hybridized carbons (Fsp3) is 0.333. The van der Waals surface area contributed by atoms with E-state index in [1.165, 1.54) is 34.9 Å². The third-order valence-corrected chi connectivity index (χ3v) is 3.98. The fourth-order valence-electron chi connectivity index (χ4n) is 2.06. The largest absolute Gasteiger partial charge is 0.107 e. The van der Waals surface area contributed by atoms with E-state index in [9.17, 15) is 0 Å². The maximum absolute atomic E-state index is 2.32. The van der Waals surface area contributed by atoms with Crippen molar-refractivity contribution in [1.29, 1.82) is 0 Å². The van der Waals surface area contributed by atoms with E-state index in [2.05, 4.69) is 55.0 Å². The Bertz CT molecular complexity index is 454. The number of hydrogen-bond donors (Lipinski definition) is 0. The van der Waals surface area contributed by atoms with Gasteiger partial charge in [0.2, 0.25) is 0 Å². The zero-order chi connectivity index (χ0) is 11.4. The monoisotopic (exact) mass is 231 g/mol. The minimum atomic E-state index is 0.577. The number of benzene rings is 2. The second-order valence-corrected chi connectivity index (χ2v) is 6.81. The van der Waals surface area contributed by atoms with Gasteiger partial charge in [-0.3, -0.25) is 0 Å². The van der Waals surface area contributed by atoms with Crippen LogP contribution >= 0.6 is 0 Å². The average Bonchev–Trinajstić information content (AvgIpc) is 2.29. The SMILES string of the molecule is C[S+](C)CCCc1cccc2ccccc12. The molecule has 0 aliphatic heterocycles. The van der Waals surface area contributed by atoms with Gasteiger partial charge in [-0.05, 0) is 40.1 Å². The van der Waals surface area contributed by atoms with Crippen molar-refractivity contribution in [1.82, 2.24) is 0 Å². The van der Waals surface area contributed by atoms with Crippen LogP contribution in [0.1, 0.15) is 12.0 Å². The highest BCUT2D eigenvalue weighted by atomic mass is 32.2. The van der Waals surface area contributed by atoms with Crippen LogP contribution < -0.4 is 0 Å². The Morgan fingerprint density at radius 3 is 2.50 bits per heavy atom. The number of fused-ring (bicyclic) bond motifs is 1. The topological polar surface area (TPSA) is 0 Å². The van der Waals surface area contributed by atoms with Crippen molar-refractivity contribution in [2.75, 3.05) is 18.3 Å². The normalized spacial score (nSPS) is 11.2. The predicted molar refractivity (Wildman–Crippen MR) is 76.3 cm³/mol. The molecular weight excluding hydrogens is 212 g/mol. The van der Waals surface area contributed by atoms with Crippen molar-refractivity contribution < 1.29 is 0 Å². The first-order valence-electron chi connectivity index (χ1n) is 5.78. The third kappa shape index (κ3) is 2.79. The van der Waals surface area contributed by atoms with Gasteiger partial charge >= 0.3 is 0 Å².